The van der Waals surface area contributed by atoms with Crippen molar-refractivity contribution in [1.29, 1.82) is 0 Å². The lowest BCUT2D eigenvalue weighted by atomic mass is 10.1. The smallest absolute Gasteiger partial charge is 0.207 e. The predicted octanol–water partition coefficient (Wildman–Crippen LogP) is 3.82. The quantitative estimate of drug-likeness (QED) is 0.469. The Morgan fingerprint density at radius 2 is 1.39 bits per heavy atom. The first kappa shape index (κ1) is 23.6. The Bertz CT molecular complexity index is 1190. The summed E-state index contributed by atoms with van der Waals surface area (Å²) in [6.07, 6.45) is 0.594. The van der Waals surface area contributed by atoms with Gasteiger partial charge in [-0.1, -0.05) is 36.4 Å². The first-order valence-corrected chi connectivity index (χ1v) is 13.5. The largest absolute Gasteiger partial charge is 0.243 e. The summed E-state index contributed by atoms with van der Waals surface area (Å²) >= 11 is 1.60. The topological polar surface area (TPSA) is 74.8 Å². The second-order valence-corrected chi connectivity index (χ2v) is 12.5. The molecule has 0 aliphatic carbocycles. The maximum Gasteiger partial charge on any atom is 0.243 e. The molecule has 0 aliphatic rings. The number of hydrogen-bond donors (Lipinski definition) is 0. The van der Waals surface area contributed by atoms with E-state index >= 15 is 0 Å². The second-order valence-electron chi connectivity index (χ2n) is 7.43. The van der Waals surface area contributed by atoms with Gasteiger partial charge in [0.25, 0.3) is 0 Å². The molecule has 0 N–H and O–H groups in total. The van der Waals surface area contributed by atoms with Gasteiger partial charge in [0.15, 0.2) is 0 Å². The van der Waals surface area contributed by atoms with E-state index in [4.69, 9.17) is 0 Å². The summed E-state index contributed by atoms with van der Waals surface area (Å²) in [7, 11) is -4.61. The van der Waals surface area contributed by atoms with Gasteiger partial charge in [0, 0.05) is 31.6 Å². The number of hydrogen-bond acceptors (Lipinski definition) is 5. The number of benzene rings is 2. The first-order valence-electron chi connectivity index (χ1n) is 9.73. The Morgan fingerprint density at radius 1 is 0.806 bits per heavy atom. The van der Waals surface area contributed by atoms with E-state index in [0.717, 1.165) is 14.7 Å². The molecule has 0 saturated carbocycles. The van der Waals surface area contributed by atoms with Crippen LogP contribution >= 0.6 is 11.3 Å². The average molecular weight is 479 g/mol. The molecule has 3 rings (SSSR count). The lowest BCUT2D eigenvalue weighted by molar-refractivity contribution is 0.329. The second kappa shape index (κ2) is 9.62. The van der Waals surface area contributed by atoms with Gasteiger partial charge in [0.2, 0.25) is 20.0 Å². The Labute approximate surface area is 188 Å². The van der Waals surface area contributed by atoms with E-state index in [1.165, 1.54) is 42.7 Å². The molecule has 2 aromatic carbocycles. The molecule has 31 heavy (non-hydrogen) atoms. The third-order valence-electron chi connectivity index (χ3n) is 4.96. The van der Waals surface area contributed by atoms with Crippen LogP contribution in [0.25, 0.3) is 0 Å². The van der Waals surface area contributed by atoms with Gasteiger partial charge >= 0.3 is 0 Å². The molecule has 0 bridgehead atoms. The fourth-order valence-electron chi connectivity index (χ4n) is 3.19. The summed E-state index contributed by atoms with van der Waals surface area (Å²) in [4.78, 5) is 1.23. The Balaban J connectivity index is 1.96. The van der Waals surface area contributed by atoms with Crippen molar-refractivity contribution in [3.8, 4) is 0 Å². The zero-order chi connectivity index (χ0) is 22.6. The molecular formula is C22H26N2O4S3. The number of thiophene rings is 1. The van der Waals surface area contributed by atoms with E-state index in [9.17, 15) is 16.8 Å². The first-order chi connectivity index (χ1) is 14.6. The molecule has 1 heterocycles. The molecule has 0 radical (unpaired) electrons. The van der Waals surface area contributed by atoms with Crippen LogP contribution in [0.4, 0.5) is 0 Å². The zero-order valence-corrected chi connectivity index (χ0v) is 20.1. The maximum atomic E-state index is 13.6. The van der Waals surface area contributed by atoms with Crippen molar-refractivity contribution in [2.24, 2.45) is 0 Å². The summed E-state index contributed by atoms with van der Waals surface area (Å²) < 4.78 is 54.4. The van der Waals surface area contributed by atoms with E-state index in [1.54, 1.807) is 11.3 Å². The molecule has 0 spiro atoms. The maximum absolute atomic E-state index is 13.6. The highest BCUT2D eigenvalue weighted by Crippen LogP contribution is 2.25. The van der Waals surface area contributed by atoms with Crippen LogP contribution in [-0.2, 0) is 33.0 Å². The van der Waals surface area contributed by atoms with Crippen molar-refractivity contribution in [3.63, 3.8) is 0 Å². The van der Waals surface area contributed by atoms with Gasteiger partial charge in [-0.05, 0) is 54.6 Å². The van der Waals surface area contributed by atoms with E-state index in [2.05, 4.69) is 0 Å². The standard InChI is InChI=1S/C22H26N2O4S3/c1-18(16-20-10-7-15-29-20)24(17-19-8-5-4-6-9-19)31(27,28)22-13-11-21(12-14-22)30(25,26)23(2)3/h4-15,18H,16-17H2,1-3H3/t18-/m0/s1. The normalized spacial score (nSPS) is 13.6. The van der Waals surface area contributed by atoms with Gasteiger partial charge < -0.3 is 0 Å². The van der Waals surface area contributed by atoms with Crippen LogP contribution in [0.2, 0.25) is 0 Å². The highest BCUT2D eigenvalue weighted by molar-refractivity contribution is 7.89. The van der Waals surface area contributed by atoms with Crippen molar-refractivity contribution >= 4 is 31.4 Å². The lowest BCUT2D eigenvalue weighted by Gasteiger charge is -2.28. The molecular weight excluding hydrogens is 452 g/mol. The fourth-order valence-corrected chi connectivity index (χ4v) is 6.54. The summed E-state index contributed by atoms with van der Waals surface area (Å²) in [6.45, 7) is 2.12. The molecule has 0 fully saturated rings. The minimum absolute atomic E-state index is 0.0534. The molecule has 0 aliphatic heterocycles. The van der Waals surface area contributed by atoms with E-state index in [-0.39, 0.29) is 22.4 Å². The molecule has 0 saturated heterocycles. The minimum atomic E-state index is -3.85. The van der Waals surface area contributed by atoms with E-state index < -0.39 is 20.0 Å². The number of nitrogens with zero attached hydrogens (tertiary/aromatic N) is 2. The van der Waals surface area contributed by atoms with Crippen LogP contribution in [-0.4, -0.2) is 45.6 Å². The summed E-state index contributed by atoms with van der Waals surface area (Å²) in [5.74, 6) is 0. The summed E-state index contributed by atoms with van der Waals surface area (Å²) in [5.41, 5.74) is 0.885. The van der Waals surface area contributed by atoms with Gasteiger partial charge in [0.05, 0.1) is 9.79 Å². The van der Waals surface area contributed by atoms with Crippen LogP contribution in [0.15, 0.2) is 81.9 Å². The molecule has 9 heteroatoms. The highest BCUT2D eigenvalue weighted by atomic mass is 32.2. The third-order valence-corrected chi connectivity index (χ3v) is 9.66. The molecule has 0 amide bonds. The molecule has 1 aromatic heterocycles. The Kier molecular flexibility index (Phi) is 7.33. The minimum Gasteiger partial charge on any atom is -0.207 e. The predicted molar refractivity (Wildman–Crippen MR) is 124 cm³/mol. The van der Waals surface area contributed by atoms with Crippen molar-refractivity contribution in [3.05, 3.63) is 82.6 Å². The average Bonchev–Trinajstić information content (AvgIpc) is 3.25. The van der Waals surface area contributed by atoms with Crippen LogP contribution in [0, 0.1) is 0 Å². The van der Waals surface area contributed by atoms with Gasteiger partial charge in [0.1, 0.15) is 0 Å². The number of rotatable bonds is 9. The van der Waals surface area contributed by atoms with Gasteiger partial charge in [-0.3, -0.25) is 0 Å². The Morgan fingerprint density at radius 3 is 1.90 bits per heavy atom. The van der Waals surface area contributed by atoms with Gasteiger partial charge in [-0.15, -0.1) is 11.3 Å². The van der Waals surface area contributed by atoms with Crippen molar-refractivity contribution in [1.82, 2.24) is 8.61 Å². The van der Waals surface area contributed by atoms with Crippen molar-refractivity contribution in [2.75, 3.05) is 14.1 Å². The molecule has 166 valence electrons. The van der Waals surface area contributed by atoms with Crippen LogP contribution in [0.1, 0.15) is 17.4 Å². The van der Waals surface area contributed by atoms with Crippen LogP contribution in [0.3, 0.4) is 0 Å². The number of sulfonamides is 2. The van der Waals surface area contributed by atoms with Crippen LogP contribution < -0.4 is 0 Å². The third kappa shape index (κ3) is 5.42. The fraction of sp³-hybridized carbons (Fsp3) is 0.273. The van der Waals surface area contributed by atoms with E-state index in [0.29, 0.717) is 6.42 Å². The molecule has 0 unspecified atom stereocenters. The highest BCUT2D eigenvalue weighted by Gasteiger charge is 2.30. The zero-order valence-electron chi connectivity index (χ0n) is 17.7. The molecule has 1 atom stereocenters. The van der Waals surface area contributed by atoms with Crippen LogP contribution in [0.5, 0.6) is 0 Å². The van der Waals surface area contributed by atoms with Gasteiger partial charge in [-0.25, -0.2) is 21.1 Å². The Hall–Kier alpha value is -2.04. The van der Waals surface area contributed by atoms with E-state index in [1.807, 2.05) is 54.8 Å². The SMILES string of the molecule is C[C@@H](Cc1cccs1)N(Cc1ccccc1)S(=O)(=O)c1ccc(S(=O)(=O)N(C)C)cc1. The monoisotopic (exact) mass is 478 g/mol. The molecule has 3 aromatic rings. The van der Waals surface area contributed by atoms with Crippen molar-refractivity contribution in [2.45, 2.75) is 35.7 Å². The summed E-state index contributed by atoms with van der Waals surface area (Å²) in [5, 5.41) is 1.97. The van der Waals surface area contributed by atoms with Crippen molar-refractivity contribution < 1.29 is 16.8 Å². The summed E-state index contributed by atoms with van der Waals surface area (Å²) in [6, 6.07) is 18.5. The van der Waals surface area contributed by atoms with Gasteiger partial charge in [-0.2, -0.15) is 4.31 Å². The molecule has 6 nitrogen and oxygen atoms in total. The lowest BCUT2D eigenvalue weighted by Crippen LogP contribution is -2.39.